The summed E-state index contributed by atoms with van der Waals surface area (Å²) in [4.78, 5) is 23.0. The molecular weight excluding hydrogens is 589 g/mol. The van der Waals surface area contributed by atoms with Crippen LogP contribution in [-0.4, -0.2) is 45.6 Å². The number of ether oxygens (including phenoxy) is 3. The summed E-state index contributed by atoms with van der Waals surface area (Å²) >= 11 is 1.13. The van der Waals surface area contributed by atoms with Gasteiger partial charge in [-0.1, -0.05) is 36.0 Å². The SMILES string of the molecule is COc1ccc(Cc2nnc(SCC(=O)Nc3ccc(F)c([N+](=O)[O-])c3)n2-c2ccc(Oc3ccccc3)cc2)cc1OC. The van der Waals surface area contributed by atoms with E-state index in [2.05, 4.69) is 15.5 Å². The number of nitrogens with zero attached hydrogens (tertiary/aromatic N) is 4. The van der Waals surface area contributed by atoms with Crippen LogP contribution in [0.25, 0.3) is 5.69 Å². The van der Waals surface area contributed by atoms with Crippen molar-refractivity contribution in [2.24, 2.45) is 0 Å². The molecule has 13 heteroatoms. The Morgan fingerprint density at radius 2 is 1.66 bits per heavy atom. The number of rotatable bonds is 12. The van der Waals surface area contributed by atoms with E-state index in [4.69, 9.17) is 14.2 Å². The summed E-state index contributed by atoms with van der Waals surface area (Å²) in [6, 6.07) is 25.5. The third-order valence-corrected chi connectivity index (χ3v) is 7.27. The third kappa shape index (κ3) is 7.13. The normalized spacial score (nSPS) is 10.7. The maximum atomic E-state index is 13.7. The molecule has 0 saturated heterocycles. The molecular formula is C31H26FN5O6S. The standard InChI is InChI=1S/C31H26FN5O6S/c1-41-27-15-8-20(16-28(27)42-2)17-29-34-35-31(44-19-30(38)33-21-9-14-25(32)26(18-21)37(39)40)36(29)22-10-12-24(13-11-22)43-23-6-4-3-5-7-23/h3-16,18H,17,19H2,1-2H3,(H,33,38). The molecule has 5 rings (SSSR count). The summed E-state index contributed by atoms with van der Waals surface area (Å²) in [6.45, 7) is 0. The van der Waals surface area contributed by atoms with Gasteiger partial charge < -0.3 is 19.5 Å². The summed E-state index contributed by atoms with van der Waals surface area (Å²) < 4.78 is 32.3. The number of para-hydroxylation sites is 1. The largest absolute Gasteiger partial charge is 0.493 e. The van der Waals surface area contributed by atoms with Crippen molar-refractivity contribution in [1.29, 1.82) is 0 Å². The molecule has 0 bridgehead atoms. The lowest BCUT2D eigenvalue weighted by atomic mass is 10.1. The highest BCUT2D eigenvalue weighted by atomic mass is 32.2. The van der Waals surface area contributed by atoms with Crippen molar-refractivity contribution in [2.45, 2.75) is 11.6 Å². The molecule has 0 spiro atoms. The Bertz CT molecular complexity index is 1780. The molecule has 1 aromatic heterocycles. The molecule has 0 radical (unpaired) electrons. The minimum atomic E-state index is -0.988. The lowest BCUT2D eigenvalue weighted by Gasteiger charge is -2.13. The highest BCUT2D eigenvalue weighted by Gasteiger charge is 2.19. The topological polar surface area (TPSA) is 131 Å². The smallest absolute Gasteiger partial charge is 0.306 e. The Morgan fingerprint density at radius 3 is 2.36 bits per heavy atom. The summed E-state index contributed by atoms with van der Waals surface area (Å²) in [5, 5.41) is 22.8. The lowest BCUT2D eigenvalue weighted by molar-refractivity contribution is -0.387. The molecule has 11 nitrogen and oxygen atoms in total. The quantitative estimate of drug-likeness (QED) is 0.0956. The molecule has 0 aliphatic carbocycles. The van der Waals surface area contributed by atoms with Crippen molar-refractivity contribution in [3.05, 3.63) is 118 Å². The highest BCUT2D eigenvalue weighted by Crippen LogP contribution is 2.31. The van der Waals surface area contributed by atoms with Crippen molar-refractivity contribution >= 4 is 29.0 Å². The molecule has 0 aliphatic rings. The van der Waals surface area contributed by atoms with Gasteiger partial charge in [-0.25, -0.2) is 0 Å². The Labute approximate surface area is 255 Å². The van der Waals surface area contributed by atoms with Gasteiger partial charge in [0.2, 0.25) is 11.7 Å². The molecule has 0 aliphatic heterocycles. The molecule has 44 heavy (non-hydrogen) atoms. The fourth-order valence-corrected chi connectivity index (χ4v) is 5.06. The number of hydrogen-bond acceptors (Lipinski definition) is 9. The number of nitrogens with one attached hydrogen (secondary N) is 1. The Morgan fingerprint density at radius 1 is 0.932 bits per heavy atom. The second kappa shape index (κ2) is 13.7. The van der Waals surface area contributed by atoms with E-state index >= 15 is 0 Å². The van der Waals surface area contributed by atoms with Gasteiger partial charge in [0.25, 0.3) is 0 Å². The van der Waals surface area contributed by atoms with Crippen LogP contribution >= 0.6 is 11.8 Å². The first-order chi connectivity index (χ1) is 21.3. The van der Waals surface area contributed by atoms with Gasteiger partial charge in [-0.2, -0.15) is 4.39 Å². The van der Waals surface area contributed by atoms with E-state index in [1.54, 1.807) is 14.2 Å². The number of thioether (sulfide) groups is 1. The molecule has 5 aromatic rings. The fraction of sp³-hybridized carbons (Fsp3) is 0.129. The van der Waals surface area contributed by atoms with E-state index in [0.29, 0.717) is 40.4 Å². The van der Waals surface area contributed by atoms with Gasteiger partial charge in [-0.15, -0.1) is 10.2 Å². The van der Waals surface area contributed by atoms with Gasteiger partial charge in [0, 0.05) is 23.9 Å². The molecule has 4 aromatic carbocycles. The van der Waals surface area contributed by atoms with Gasteiger partial charge in [0.15, 0.2) is 16.7 Å². The van der Waals surface area contributed by atoms with Crippen LogP contribution in [0.15, 0.2) is 96.2 Å². The van der Waals surface area contributed by atoms with Gasteiger partial charge in [-0.3, -0.25) is 19.5 Å². The Kier molecular flexibility index (Phi) is 9.35. The molecule has 1 amide bonds. The van der Waals surface area contributed by atoms with E-state index in [9.17, 15) is 19.3 Å². The molecule has 0 saturated carbocycles. The van der Waals surface area contributed by atoms with Crippen LogP contribution in [0.1, 0.15) is 11.4 Å². The monoisotopic (exact) mass is 615 g/mol. The van der Waals surface area contributed by atoms with Crippen LogP contribution in [0.4, 0.5) is 15.8 Å². The molecule has 0 atom stereocenters. The number of benzene rings is 4. The summed E-state index contributed by atoms with van der Waals surface area (Å²) in [6.07, 6.45) is 0.391. The number of nitro groups is 1. The number of carbonyl (C=O) groups excluding carboxylic acids is 1. The van der Waals surface area contributed by atoms with Gasteiger partial charge in [0.05, 0.1) is 24.9 Å². The second-order valence-electron chi connectivity index (χ2n) is 9.27. The van der Waals surface area contributed by atoms with Crippen molar-refractivity contribution in [3.63, 3.8) is 0 Å². The zero-order chi connectivity index (χ0) is 31.1. The van der Waals surface area contributed by atoms with Crippen LogP contribution in [0, 0.1) is 15.9 Å². The molecule has 0 unspecified atom stereocenters. The van der Waals surface area contributed by atoms with Crippen LogP contribution in [0.3, 0.4) is 0 Å². The van der Waals surface area contributed by atoms with Crippen LogP contribution < -0.4 is 19.5 Å². The zero-order valence-corrected chi connectivity index (χ0v) is 24.4. The Balaban J connectivity index is 1.39. The van der Waals surface area contributed by atoms with Gasteiger partial charge in [-0.05, 0) is 66.2 Å². The van der Waals surface area contributed by atoms with Crippen molar-refractivity contribution in [1.82, 2.24) is 14.8 Å². The first kappa shape index (κ1) is 30.0. The third-order valence-electron chi connectivity index (χ3n) is 6.34. The van der Waals surface area contributed by atoms with Gasteiger partial charge >= 0.3 is 5.69 Å². The van der Waals surface area contributed by atoms with Crippen molar-refractivity contribution < 1.29 is 28.3 Å². The van der Waals surface area contributed by atoms with E-state index in [0.717, 1.165) is 35.1 Å². The van der Waals surface area contributed by atoms with E-state index in [-0.39, 0.29) is 11.4 Å². The summed E-state index contributed by atoms with van der Waals surface area (Å²) in [5.74, 6) is 1.58. The highest BCUT2D eigenvalue weighted by molar-refractivity contribution is 7.99. The number of hydrogen-bond donors (Lipinski definition) is 1. The summed E-state index contributed by atoms with van der Waals surface area (Å²) in [5.41, 5.74) is 1.01. The number of halogens is 1. The maximum absolute atomic E-state index is 13.7. The van der Waals surface area contributed by atoms with Crippen LogP contribution in [0.5, 0.6) is 23.0 Å². The average Bonchev–Trinajstić information content (AvgIpc) is 3.43. The van der Waals surface area contributed by atoms with Gasteiger partial charge in [0.1, 0.15) is 17.3 Å². The predicted octanol–water partition coefficient (Wildman–Crippen LogP) is 6.45. The minimum Gasteiger partial charge on any atom is -0.493 e. The average molecular weight is 616 g/mol. The number of anilines is 1. The maximum Gasteiger partial charge on any atom is 0.306 e. The Hall–Kier alpha value is -5.43. The molecule has 1 N–H and O–H groups in total. The number of aromatic nitrogens is 3. The number of nitro benzene ring substituents is 1. The number of methoxy groups -OCH3 is 2. The first-order valence-corrected chi connectivity index (χ1v) is 14.2. The van der Waals surface area contributed by atoms with Crippen molar-refractivity contribution in [2.75, 3.05) is 25.3 Å². The second-order valence-corrected chi connectivity index (χ2v) is 10.2. The molecule has 1 heterocycles. The van der Waals surface area contributed by atoms with E-state index in [1.807, 2.05) is 77.4 Å². The predicted molar refractivity (Wildman–Crippen MR) is 163 cm³/mol. The first-order valence-electron chi connectivity index (χ1n) is 13.2. The number of amides is 1. The fourth-order valence-electron chi connectivity index (χ4n) is 4.29. The van der Waals surface area contributed by atoms with E-state index in [1.165, 1.54) is 6.07 Å². The van der Waals surface area contributed by atoms with Crippen molar-refractivity contribution in [3.8, 4) is 28.7 Å². The number of carbonyl (C=O) groups is 1. The lowest BCUT2D eigenvalue weighted by Crippen LogP contribution is -2.15. The molecule has 0 fully saturated rings. The van der Waals surface area contributed by atoms with Crippen LogP contribution in [0.2, 0.25) is 0 Å². The molecule has 224 valence electrons. The minimum absolute atomic E-state index is 0.0884. The zero-order valence-electron chi connectivity index (χ0n) is 23.6. The summed E-state index contributed by atoms with van der Waals surface area (Å²) in [7, 11) is 3.13. The van der Waals surface area contributed by atoms with E-state index < -0.39 is 22.3 Å². The van der Waals surface area contributed by atoms with Crippen LogP contribution in [-0.2, 0) is 11.2 Å².